The Kier molecular flexibility index (Phi) is 4.43. The van der Waals surface area contributed by atoms with E-state index in [9.17, 15) is 9.50 Å². The van der Waals surface area contributed by atoms with Gasteiger partial charge in [0.05, 0.1) is 6.04 Å². The van der Waals surface area contributed by atoms with Gasteiger partial charge in [0.25, 0.3) is 0 Å². The fourth-order valence-corrected chi connectivity index (χ4v) is 2.36. The quantitative estimate of drug-likeness (QED) is 0.842. The molecule has 0 saturated carbocycles. The van der Waals surface area contributed by atoms with Crippen LogP contribution < -0.4 is 5.32 Å². The van der Waals surface area contributed by atoms with Gasteiger partial charge in [0.15, 0.2) is 0 Å². The second-order valence-corrected chi connectivity index (χ2v) is 5.23. The second-order valence-electron chi connectivity index (χ2n) is 4.32. The van der Waals surface area contributed by atoms with Gasteiger partial charge in [-0.25, -0.2) is 4.39 Å². The van der Waals surface area contributed by atoms with Gasteiger partial charge in [-0.15, -0.1) is 0 Å². The van der Waals surface area contributed by atoms with E-state index >= 15 is 0 Å². The second kappa shape index (κ2) is 6.06. The summed E-state index contributed by atoms with van der Waals surface area (Å²) in [6.07, 6.45) is 0.778. The molecule has 0 aliphatic heterocycles. The Hall–Kier alpha value is -1.55. The van der Waals surface area contributed by atoms with Crippen LogP contribution in [0.5, 0.6) is 5.75 Å². The molecule has 0 heterocycles. The Morgan fingerprint density at radius 1 is 1.26 bits per heavy atom. The van der Waals surface area contributed by atoms with Gasteiger partial charge in [0.2, 0.25) is 0 Å². The number of anilines is 1. The van der Waals surface area contributed by atoms with Crippen LogP contribution in [0.3, 0.4) is 0 Å². The van der Waals surface area contributed by atoms with E-state index in [1.54, 1.807) is 24.3 Å². The lowest BCUT2D eigenvalue weighted by Gasteiger charge is -2.20. The van der Waals surface area contributed by atoms with Crippen LogP contribution in [-0.4, -0.2) is 5.11 Å². The summed E-state index contributed by atoms with van der Waals surface area (Å²) >= 11 is 3.39. The largest absolute Gasteiger partial charge is 0.508 e. The molecule has 2 nitrogen and oxygen atoms in total. The summed E-state index contributed by atoms with van der Waals surface area (Å²) in [4.78, 5) is 0. The van der Waals surface area contributed by atoms with E-state index < -0.39 is 0 Å². The van der Waals surface area contributed by atoms with Gasteiger partial charge in [-0.3, -0.25) is 0 Å². The molecular formula is C15H15BrFNO. The number of benzene rings is 2. The molecular weight excluding hydrogens is 309 g/mol. The zero-order valence-electron chi connectivity index (χ0n) is 10.5. The molecule has 4 heteroatoms. The van der Waals surface area contributed by atoms with Gasteiger partial charge in [-0.2, -0.15) is 0 Å². The van der Waals surface area contributed by atoms with Crippen molar-refractivity contribution in [3.8, 4) is 5.75 Å². The Morgan fingerprint density at radius 3 is 2.74 bits per heavy atom. The lowest BCUT2D eigenvalue weighted by atomic mass is 10.0. The molecule has 19 heavy (non-hydrogen) atoms. The molecule has 0 spiro atoms. The Morgan fingerprint density at radius 2 is 2.05 bits per heavy atom. The summed E-state index contributed by atoms with van der Waals surface area (Å²) in [7, 11) is 0. The van der Waals surface area contributed by atoms with Crippen LogP contribution >= 0.6 is 15.9 Å². The lowest BCUT2D eigenvalue weighted by molar-refractivity contribution is 0.462. The van der Waals surface area contributed by atoms with E-state index in [0.29, 0.717) is 5.69 Å². The zero-order chi connectivity index (χ0) is 13.8. The predicted octanol–water partition coefficient (Wildman–Crippen LogP) is 4.86. The van der Waals surface area contributed by atoms with Gasteiger partial charge in [-0.05, 0) is 42.8 Å². The summed E-state index contributed by atoms with van der Waals surface area (Å²) in [5.41, 5.74) is 1.49. The average molecular weight is 324 g/mol. The van der Waals surface area contributed by atoms with E-state index in [1.165, 1.54) is 12.1 Å². The number of aromatic hydroxyl groups is 1. The van der Waals surface area contributed by atoms with Gasteiger partial charge in [0.1, 0.15) is 11.6 Å². The van der Waals surface area contributed by atoms with Crippen LogP contribution in [0.1, 0.15) is 24.9 Å². The molecule has 0 radical (unpaired) electrons. The van der Waals surface area contributed by atoms with Crippen molar-refractivity contribution >= 4 is 21.6 Å². The maximum atomic E-state index is 13.2. The van der Waals surface area contributed by atoms with E-state index in [2.05, 4.69) is 21.2 Å². The van der Waals surface area contributed by atoms with Crippen molar-refractivity contribution in [3.05, 3.63) is 58.3 Å². The number of halogens is 2. The molecule has 100 valence electrons. The Bertz CT molecular complexity index is 574. The molecule has 2 N–H and O–H groups in total. The van der Waals surface area contributed by atoms with E-state index in [0.717, 1.165) is 16.5 Å². The Labute approximate surface area is 120 Å². The molecule has 2 rings (SSSR count). The van der Waals surface area contributed by atoms with Crippen molar-refractivity contribution in [2.24, 2.45) is 0 Å². The lowest BCUT2D eigenvalue weighted by Crippen LogP contribution is -2.10. The number of phenolic OH excluding ortho intramolecular Hbond substituents is 1. The van der Waals surface area contributed by atoms with E-state index in [1.807, 2.05) is 13.0 Å². The van der Waals surface area contributed by atoms with Crippen LogP contribution in [0.25, 0.3) is 0 Å². The van der Waals surface area contributed by atoms with Gasteiger partial charge >= 0.3 is 0 Å². The first kappa shape index (κ1) is 13.9. The highest BCUT2D eigenvalue weighted by molar-refractivity contribution is 9.10. The topological polar surface area (TPSA) is 32.3 Å². The summed E-state index contributed by atoms with van der Waals surface area (Å²) in [6.45, 7) is 2.01. The van der Waals surface area contributed by atoms with Crippen molar-refractivity contribution in [3.63, 3.8) is 0 Å². The smallest absolute Gasteiger partial charge is 0.125 e. The van der Waals surface area contributed by atoms with Crippen molar-refractivity contribution in [2.75, 3.05) is 5.32 Å². The third kappa shape index (κ3) is 3.47. The summed E-state index contributed by atoms with van der Waals surface area (Å²) < 4.78 is 14.1. The van der Waals surface area contributed by atoms with Crippen molar-refractivity contribution in [1.29, 1.82) is 0 Å². The molecule has 0 fully saturated rings. The fourth-order valence-electron chi connectivity index (χ4n) is 1.98. The SMILES string of the molecule is CCC(Nc1cccc(F)c1)c1cc(Br)ccc1O. The number of rotatable bonds is 4. The summed E-state index contributed by atoms with van der Waals surface area (Å²) in [5.74, 6) is -0.0442. The van der Waals surface area contributed by atoms with E-state index in [-0.39, 0.29) is 17.6 Å². The molecule has 0 aliphatic rings. The molecule has 0 saturated heterocycles. The third-order valence-electron chi connectivity index (χ3n) is 2.94. The molecule has 0 bridgehead atoms. The minimum Gasteiger partial charge on any atom is -0.508 e. The molecule has 1 atom stereocenters. The Balaban J connectivity index is 2.27. The monoisotopic (exact) mass is 323 g/mol. The van der Waals surface area contributed by atoms with Gasteiger partial charge in [-0.1, -0.05) is 28.9 Å². The molecule has 0 amide bonds. The zero-order valence-corrected chi connectivity index (χ0v) is 12.1. The molecule has 2 aromatic carbocycles. The molecule has 0 aliphatic carbocycles. The minimum atomic E-state index is -0.279. The maximum absolute atomic E-state index is 13.2. The molecule has 0 aromatic heterocycles. The summed E-state index contributed by atoms with van der Waals surface area (Å²) in [5, 5.41) is 13.2. The first-order valence-corrected chi connectivity index (χ1v) is 6.90. The van der Waals surface area contributed by atoms with Crippen molar-refractivity contribution < 1.29 is 9.50 Å². The van der Waals surface area contributed by atoms with Crippen LogP contribution in [0, 0.1) is 5.82 Å². The van der Waals surface area contributed by atoms with Gasteiger partial charge < -0.3 is 10.4 Å². The normalized spacial score (nSPS) is 12.2. The number of nitrogens with one attached hydrogen (secondary N) is 1. The molecule has 1 unspecified atom stereocenters. The van der Waals surface area contributed by atoms with Crippen LogP contribution in [0.2, 0.25) is 0 Å². The minimum absolute atomic E-state index is 0.0701. The van der Waals surface area contributed by atoms with Crippen molar-refractivity contribution in [2.45, 2.75) is 19.4 Å². The maximum Gasteiger partial charge on any atom is 0.125 e. The summed E-state index contributed by atoms with van der Waals surface area (Å²) in [6, 6.07) is 11.5. The highest BCUT2D eigenvalue weighted by Gasteiger charge is 2.14. The predicted molar refractivity (Wildman–Crippen MR) is 78.9 cm³/mol. The van der Waals surface area contributed by atoms with E-state index in [4.69, 9.17) is 0 Å². The van der Waals surface area contributed by atoms with Gasteiger partial charge in [0, 0.05) is 15.7 Å². The fraction of sp³-hybridized carbons (Fsp3) is 0.200. The van der Waals surface area contributed by atoms with Crippen LogP contribution in [0.4, 0.5) is 10.1 Å². The van der Waals surface area contributed by atoms with Crippen molar-refractivity contribution in [1.82, 2.24) is 0 Å². The number of hydrogen-bond acceptors (Lipinski definition) is 2. The highest BCUT2D eigenvalue weighted by atomic mass is 79.9. The standard InChI is InChI=1S/C15H15BrFNO/c1-2-14(13-8-10(16)6-7-15(13)19)18-12-5-3-4-11(17)9-12/h3-9,14,18-19H,2H2,1H3. The molecule has 2 aromatic rings. The third-order valence-corrected chi connectivity index (χ3v) is 3.43. The average Bonchev–Trinajstić information content (AvgIpc) is 2.39. The first-order chi connectivity index (χ1) is 9.10. The van der Waals surface area contributed by atoms with Crippen LogP contribution in [0.15, 0.2) is 46.9 Å². The number of phenols is 1. The van der Waals surface area contributed by atoms with Crippen LogP contribution in [-0.2, 0) is 0 Å². The first-order valence-electron chi connectivity index (χ1n) is 6.10. The number of hydrogen-bond donors (Lipinski definition) is 2. The highest BCUT2D eigenvalue weighted by Crippen LogP contribution is 2.31.